The predicted molar refractivity (Wildman–Crippen MR) is 279 cm³/mol. The first-order valence-electron chi connectivity index (χ1n) is 27.4. The first-order valence-corrected chi connectivity index (χ1v) is 27.4. The van der Waals surface area contributed by atoms with Crippen LogP contribution in [0.3, 0.4) is 0 Å². The van der Waals surface area contributed by atoms with E-state index in [1.54, 1.807) is 0 Å². The van der Waals surface area contributed by atoms with Crippen LogP contribution in [0.5, 0.6) is 0 Å². The van der Waals surface area contributed by atoms with Crippen molar-refractivity contribution in [2.75, 3.05) is 13.2 Å². The topological polar surface area (TPSA) is 78.9 Å². The van der Waals surface area contributed by atoms with E-state index in [0.717, 1.165) is 77.0 Å². The molecular weight excluding hydrogens is 805 g/mol. The maximum atomic E-state index is 12.8. The molecule has 65 heavy (non-hydrogen) atoms. The molecule has 1 atom stereocenters. The Morgan fingerprint density at radius 1 is 0.323 bits per heavy atom. The lowest BCUT2D eigenvalue weighted by atomic mass is 10.1. The van der Waals surface area contributed by atoms with Crippen molar-refractivity contribution < 1.29 is 28.6 Å². The van der Waals surface area contributed by atoms with Crippen molar-refractivity contribution in [3.05, 3.63) is 72.9 Å². The highest BCUT2D eigenvalue weighted by atomic mass is 16.6. The molecule has 0 aromatic carbocycles. The minimum Gasteiger partial charge on any atom is -0.462 e. The van der Waals surface area contributed by atoms with Gasteiger partial charge in [0.15, 0.2) is 6.10 Å². The summed E-state index contributed by atoms with van der Waals surface area (Å²) in [6, 6.07) is 0. The average Bonchev–Trinajstić information content (AvgIpc) is 3.30. The van der Waals surface area contributed by atoms with Gasteiger partial charge in [-0.05, 0) is 83.5 Å². The highest BCUT2D eigenvalue weighted by Crippen LogP contribution is 2.15. The Balaban J connectivity index is 4.42. The molecule has 0 saturated carbocycles. The van der Waals surface area contributed by atoms with E-state index in [9.17, 15) is 14.4 Å². The largest absolute Gasteiger partial charge is 0.462 e. The fraction of sp³-hybridized carbons (Fsp3) is 0.746. The molecule has 374 valence electrons. The Kier molecular flexibility index (Phi) is 50.9. The molecule has 0 radical (unpaired) electrons. The number of unbranched alkanes of at least 4 members (excludes halogenated alkanes) is 26. The van der Waals surface area contributed by atoms with Gasteiger partial charge in [0.2, 0.25) is 0 Å². The lowest BCUT2D eigenvalue weighted by Crippen LogP contribution is -2.30. The van der Waals surface area contributed by atoms with Gasteiger partial charge >= 0.3 is 17.9 Å². The molecule has 0 rings (SSSR count). The number of esters is 3. The van der Waals surface area contributed by atoms with E-state index in [1.165, 1.54) is 141 Å². The quantitative estimate of drug-likeness (QED) is 0.0262. The molecule has 6 nitrogen and oxygen atoms in total. The van der Waals surface area contributed by atoms with E-state index in [1.807, 2.05) is 0 Å². The summed E-state index contributed by atoms with van der Waals surface area (Å²) in [6.45, 7) is 6.48. The molecule has 0 fully saturated rings. The van der Waals surface area contributed by atoms with Crippen molar-refractivity contribution in [2.45, 2.75) is 271 Å². The molecule has 0 aromatic rings. The molecule has 0 heterocycles. The Morgan fingerprint density at radius 2 is 0.615 bits per heavy atom. The summed E-state index contributed by atoms with van der Waals surface area (Å²) in [4.78, 5) is 38.0. The van der Waals surface area contributed by atoms with Gasteiger partial charge in [0, 0.05) is 19.3 Å². The zero-order chi connectivity index (χ0) is 47.2. The summed E-state index contributed by atoms with van der Waals surface area (Å²) >= 11 is 0. The van der Waals surface area contributed by atoms with Crippen molar-refractivity contribution in [3.63, 3.8) is 0 Å². The molecule has 0 aliphatic heterocycles. The fourth-order valence-corrected chi connectivity index (χ4v) is 7.59. The molecule has 0 spiro atoms. The van der Waals surface area contributed by atoms with Crippen LogP contribution in [0.15, 0.2) is 72.9 Å². The van der Waals surface area contributed by atoms with E-state index >= 15 is 0 Å². The normalized spacial score (nSPS) is 12.6. The zero-order valence-electron chi connectivity index (χ0n) is 42.7. The van der Waals surface area contributed by atoms with Crippen molar-refractivity contribution in [1.29, 1.82) is 0 Å². The summed E-state index contributed by atoms with van der Waals surface area (Å²) in [7, 11) is 0. The first kappa shape index (κ1) is 61.9. The van der Waals surface area contributed by atoms with E-state index in [2.05, 4.69) is 93.7 Å². The van der Waals surface area contributed by atoms with E-state index in [-0.39, 0.29) is 37.5 Å². The standard InChI is InChI=1S/C59H102O6/c1-4-7-10-13-16-19-22-24-26-28-29-31-32-34-37-40-43-46-49-52-58(61)64-55-56(54-63-57(60)51-48-45-42-39-36-21-18-15-12-9-6-3)65-59(62)53-50-47-44-41-38-35-33-30-27-25-23-20-17-14-11-8-5-2/h8,11,17,20,25,27-29,33,35,41,44,56H,4-7,9-10,12-16,18-19,21-24,26,30-32,34,36-40,42-43,45-55H2,1-3H3/b11-8-,20-17-,27-25-,29-28-,35-33-,44-41-. The highest BCUT2D eigenvalue weighted by Gasteiger charge is 2.19. The second-order valence-electron chi connectivity index (χ2n) is 18.1. The van der Waals surface area contributed by atoms with Crippen LogP contribution >= 0.6 is 0 Å². The van der Waals surface area contributed by atoms with Gasteiger partial charge in [0.05, 0.1) is 0 Å². The second-order valence-corrected chi connectivity index (χ2v) is 18.1. The second kappa shape index (κ2) is 53.5. The van der Waals surface area contributed by atoms with Crippen molar-refractivity contribution in [3.8, 4) is 0 Å². The first-order chi connectivity index (χ1) is 32.0. The Bertz CT molecular complexity index is 1230. The van der Waals surface area contributed by atoms with Crippen molar-refractivity contribution in [1.82, 2.24) is 0 Å². The van der Waals surface area contributed by atoms with Gasteiger partial charge in [-0.1, -0.05) is 235 Å². The van der Waals surface area contributed by atoms with Gasteiger partial charge < -0.3 is 14.2 Å². The van der Waals surface area contributed by atoms with E-state index in [0.29, 0.717) is 19.3 Å². The lowest BCUT2D eigenvalue weighted by Gasteiger charge is -2.18. The third-order valence-electron chi connectivity index (χ3n) is 11.7. The van der Waals surface area contributed by atoms with Gasteiger partial charge in [-0.2, -0.15) is 0 Å². The summed E-state index contributed by atoms with van der Waals surface area (Å²) in [5.41, 5.74) is 0. The van der Waals surface area contributed by atoms with Crippen LogP contribution in [0.4, 0.5) is 0 Å². The SMILES string of the molecule is CC/C=C\C/C=C\C/C=C\C/C=C\C/C=C\CCCC(=O)OC(COC(=O)CCCCCCCCC/C=C\CCCCCCCCCC)COC(=O)CCCCCCCCCCCCC. The summed E-state index contributed by atoms with van der Waals surface area (Å²) in [6.07, 6.45) is 67.5. The Morgan fingerprint density at radius 3 is 1.00 bits per heavy atom. The predicted octanol–water partition coefficient (Wildman–Crippen LogP) is 18.2. The maximum Gasteiger partial charge on any atom is 0.306 e. The summed E-state index contributed by atoms with van der Waals surface area (Å²) < 4.78 is 16.8. The molecule has 0 saturated heterocycles. The maximum absolute atomic E-state index is 12.8. The fourth-order valence-electron chi connectivity index (χ4n) is 7.59. The van der Waals surface area contributed by atoms with Crippen molar-refractivity contribution >= 4 is 17.9 Å². The van der Waals surface area contributed by atoms with Gasteiger partial charge in [-0.15, -0.1) is 0 Å². The number of rotatable bonds is 49. The highest BCUT2D eigenvalue weighted by molar-refractivity contribution is 5.71. The molecular formula is C59H102O6. The molecule has 0 N–H and O–H groups in total. The van der Waals surface area contributed by atoms with Crippen molar-refractivity contribution in [2.24, 2.45) is 0 Å². The average molecular weight is 907 g/mol. The minimum absolute atomic E-state index is 0.0975. The number of carbonyl (C=O) groups is 3. The van der Waals surface area contributed by atoms with Crippen LogP contribution in [-0.4, -0.2) is 37.2 Å². The molecule has 0 amide bonds. The van der Waals surface area contributed by atoms with Crippen LogP contribution < -0.4 is 0 Å². The van der Waals surface area contributed by atoms with E-state index in [4.69, 9.17) is 14.2 Å². The monoisotopic (exact) mass is 907 g/mol. The number of ether oxygens (including phenoxy) is 3. The van der Waals surface area contributed by atoms with Gasteiger partial charge in [0.1, 0.15) is 13.2 Å². The van der Waals surface area contributed by atoms with Crippen LogP contribution in [0.1, 0.15) is 265 Å². The van der Waals surface area contributed by atoms with Crippen LogP contribution in [-0.2, 0) is 28.6 Å². The number of carbonyl (C=O) groups excluding carboxylic acids is 3. The van der Waals surface area contributed by atoms with Crippen LogP contribution in [0.25, 0.3) is 0 Å². The van der Waals surface area contributed by atoms with Gasteiger partial charge in [-0.25, -0.2) is 0 Å². The molecule has 1 unspecified atom stereocenters. The number of hydrogen-bond acceptors (Lipinski definition) is 6. The Hall–Kier alpha value is -3.15. The number of hydrogen-bond donors (Lipinski definition) is 0. The van der Waals surface area contributed by atoms with Crippen LogP contribution in [0, 0.1) is 0 Å². The summed E-state index contributed by atoms with van der Waals surface area (Å²) in [5.74, 6) is -0.956. The third kappa shape index (κ3) is 51.7. The molecule has 6 heteroatoms. The molecule has 0 bridgehead atoms. The summed E-state index contributed by atoms with van der Waals surface area (Å²) in [5, 5.41) is 0. The van der Waals surface area contributed by atoms with Gasteiger partial charge in [-0.3, -0.25) is 14.4 Å². The zero-order valence-corrected chi connectivity index (χ0v) is 42.7. The number of allylic oxidation sites excluding steroid dienone is 12. The van der Waals surface area contributed by atoms with E-state index < -0.39 is 6.10 Å². The Labute approximate surface area is 402 Å². The van der Waals surface area contributed by atoms with Gasteiger partial charge in [0.25, 0.3) is 0 Å². The lowest BCUT2D eigenvalue weighted by molar-refractivity contribution is -0.167. The third-order valence-corrected chi connectivity index (χ3v) is 11.7. The molecule has 0 aliphatic carbocycles. The van der Waals surface area contributed by atoms with Crippen LogP contribution in [0.2, 0.25) is 0 Å². The smallest absolute Gasteiger partial charge is 0.306 e. The minimum atomic E-state index is -0.804. The molecule has 0 aromatic heterocycles. The molecule has 0 aliphatic rings.